The molecule has 1 amide bonds. The lowest BCUT2D eigenvalue weighted by molar-refractivity contribution is 0.0503. The Labute approximate surface area is 123 Å². The number of alkyl carbamates (subject to hydrolysis) is 1. The first kappa shape index (κ1) is 17.2. The van der Waals surface area contributed by atoms with Gasteiger partial charge in [-0.2, -0.15) is 0 Å². The van der Waals surface area contributed by atoms with Crippen LogP contribution in [-0.2, 0) is 4.74 Å². The zero-order valence-electron chi connectivity index (χ0n) is 13.8. The Balaban J connectivity index is 2.48. The van der Waals surface area contributed by atoms with Crippen molar-refractivity contribution in [1.29, 1.82) is 0 Å². The van der Waals surface area contributed by atoms with Crippen molar-refractivity contribution < 1.29 is 9.53 Å². The molecule has 0 aromatic rings. The highest BCUT2D eigenvalue weighted by molar-refractivity contribution is 5.67. The number of carbonyl (C=O) groups is 1. The average Bonchev–Trinajstić information content (AvgIpc) is 2.18. The molecule has 1 rings (SSSR count). The van der Waals surface area contributed by atoms with Crippen LogP contribution in [0.4, 0.5) is 4.79 Å². The zero-order valence-corrected chi connectivity index (χ0v) is 13.8. The normalized spacial score (nSPS) is 19.4. The van der Waals surface area contributed by atoms with Gasteiger partial charge >= 0.3 is 6.09 Å². The lowest BCUT2D eigenvalue weighted by Crippen LogP contribution is -2.64. The maximum absolute atomic E-state index is 11.8. The maximum atomic E-state index is 11.8. The number of amides is 1. The number of rotatable bonds is 6. The Hall–Kier alpha value is -0.810. The monoisotopic (exact) mass is 285 g/mol. The van der Waals surface area contributed by atoms with Crippen molar-refractivity contribution in [3.05, 3.63) is 0 Å². The van der Waals surface area contributed by atoms with Crippen LogP contribution in [0.3, 0.4) is 0 Å². The fourth-order valence-corrected chi connectivity index (χ4v) is 2.55. The third-order valence-electron chi connectivity index (χ3n) is 3.21. The van der Waals surface area contributed by atoms with Crippen LogP contribution in [0.15, 0.2) is 0 Å². The van der Waals surface area contributed by atoms with Crippen molar-refractivity contribution in [2.24, 2.45) is 5.92 Å². The van der Waals surface area contributed by atoms with Gasteiger partial charge in [0.15, 0.2) is 0 Å². The quantitative estimate of drug-likeness (QED) is 0.697. The summed E-state index contributed by atoms with van der Waals surface area (Å²) in [4.78, 5) is 11.8. The molecule has 0 aromatic heterocycles. The van der Waals surface area contributed by atoms with Gasteiger partial charge in [0.1, 0.15) is 5.60 Å². The largest absolute Gasteiger partial charge is 0.444 e. The highest BCUT2D eigenvalue weighted by Crippen LogP contribution is 2.18. The van der Waals surface area contributed by atoms with Gasteiger partial charge in [0.25, 0.3) is 0 Å². The van der Waals surface area contributed by atoms with Gasteiger partial charge in [0.2, 0.25) is 0 Å². The third-order valence-corrected chi connectivity index (χ3v) is 3.21. The van der Waals surface area contributed by atoms with Crippen LogP contribution in [0.1, 0.15) is 48.0 Å². The van der Waals surface area contributed by atoms with Crippen LogP contribution in [0.25, 0.3) is 0 Å². The molecule has 0 bridgehead atoms. The lowest BCUT2D eigenvalue weighted by atomic mass is 9.89. The second-order valence-corrected chi connectivity index (χ2v) is 7.51. The Morgan fingerprint density at radius 1 is 1.30 bits per heavy atom. The standard InChI is InChI=1S/C15H31N3O2/c1-11(2)7-15(6,18-12-8-16-9-12)10-17-13(19)20-14(3,4)5/h11-12,16,18H,7-10H2,1-6H3,(H,17,19). The number of ether oxygens (including phenoxy) is 1. The highest BCUT2D eigenvalue weighted by atomic mass is 16.6. The third kappa shape index (κ3) is 6.57. The summed E-state index contributed by atoms with van der Waals surface area (Å²) in [5.74, 6) is 0.570. The fourth-order valence-electron chi connectivity index (χ4n) is 2.55. The minimum absolute atomic E-state index is 0.0994. The van der Waals surface area contributed by atoms with Crippen molar-refractivity contribution in [2.45, 2.75) is 65.1 Å². The van der Waals surface area contributed by atoms with Gasteiger partial charge in [-0.15, -0.1) is 0 Å². The van der Waals surface area contributed by atoms with E-state index in [1.165, 1.54) is 0 Å². The molecule has 1 aliphatic rings. The molecule has 5 heteroatoms. The van der Waals surface area contributed by atoms with E-state index in [4.69, 9.17) is 4.74 Å². The Kier molecular flexibility index (Phi) is 5.83. The van der Waals surface area contributed by atoms with E-state index in [9.17, 15) is 4.79 Å². The van der Waals surface area contributed by atoms with Gasteiger partial charge in [-0.1, -0.05) is 13.8 Å². The van der Waals surface area contributed by atoms with Gasteiger partial charge in [-0.25, -0.2) is 4.79 Å². The molecule has 1 unspecified atom stereocenters. The van der Waals surface area contributed by atoms with Crippen molar-refractivity contribution in [1.82, 2.24) is 16.0 Å². The summed E-state index contributed by atoms with van der Waals surface area (Å²) in [5, 5.41) is 9.80. The topological polar surface area (TPSA) is 62.4 Å². The summed E-state index contributed by atoms with van der Waals surface area (Å²) in [6.45, 7) is 14.8. The summed E-state index contributed by atoms with van der Waals surface area (Å²) in [6.07, 6.45) is 0.667. The second-order valence-electron chi connectivity index (χ2n) is 7.51. The first-order valence-corrected chi connectivity index (χ1v) is 7.55. The van der Waals surface area contributed by atoms with Crippen LogP contribution < -0.4 is 16.0 Å². The highest BCUT2D eigenvalue weighted by Gasteiger charge is 2.31. The Bertz CT molecular complexity index is 322. The molecule has 118 valence electrons. The smallest absolute Gasteiger partial charge is 0.407 e. The van der Waals surface area contributed by atoms with E-state index in [1.54, 1.807) is 0 Å². The number of hydrogen-bond acceptors (Lipinski definition) is 4. The first-order valence-electron chi connectivity index (χ1n) is 7.55. The average molecular weight is 285 g/mol. The molecule has 3 N–H and O–H groups in total. The second kappa shape index (κ2) is 6.76. The molecule has 0 spiro atoms. The summed E-state index contributed by atoms with van der Waals surface area (Å²) >= 11 is 0. The minimum atomic E-state index is -0.455. The van der Waals surface area contributed by atoms with Gasteiger partial charge < -0.3 is 20.7 Å². The predicted octanol–water partition coefficient (Wildman–Crippen LogP) is 1.88. The van der Waals surface area contributed by atoms with Crippen molar-refractivity contribution in [3.8, 4) is 0 Å². The van der Waals surface area contributed by atoms with E-state index in [0.717, 1.165) is 19.5 Å². The van der Waals surface area contributed by atoms with Crippen LogP contribution in [-0.4, -0.2) is 42.9 Å². The molecule has 0 aromatic carbocycles. The van der Waals surface area contributed by atoms with Crippen LogP contribution >= 0.6 is 0 Å². The number of nitrogens with one attached hydrogen (secondary N) is 3. The summed E-state index contributed by atoms with van der Waals surface area (Å²) < 4.78 is 5.29. The first-order chi connectivity index (χ1) is 9.10. The van der Waals surface area contributed by atoms with E-state index >= 15 is 0 Å². The number of hydrogen-bond donors (Lipinski definition) is 3. The molecule has 20 heavy (non-hydrogen) atoms. The molecule has 0 saturated carbocycles. The van der Waals surface area contributed by atoms with Crippen LogP contribution in [0.2, 0.25) is 0 Å². The summed E-state index contributed by atoms with van der Waals surface area (Å²) in [6, 6.07) is 0.499. The van der Waals surface area contributed by atoms with Crippen LogP contribution in [0, 0.1) is 5.92 Å². The van der Waals surface area contributed by atoms with Crippen molar-refractivity contribution >= 4 is 6.09 Å². The predicted molar refractivity (Wildman–Crippen MR) is 81.9 cm³/mol. The van der Waals surface area contributed by atoms with Gasteiger partial charge in [0.05, 0.1) is 0 Å². The number of carbonyl (C=O) groups excluding carboxylic acids is 1. The molecule has 1 heterocycles. The molecule has 0 radical (unpaired) electrons. The van der Waals surface area contributed by atoms with Crippen LogP contribution in [0.5, 0.6) is 0 Å². The summed E-state index contributed by atoms with van der Waals surface area (Å²) in [7, 11) is 0. The van der Waals surface area contributed by atoms with E-state index in [0.29, 0.717) is 18.5 Å². The molecule has 1 saturated heterocycles. The molecular formula is C15H31N3O2. The molecule has 5 nitrogen and oxygen atoms in total. The minimum Gasteiger partial charge on any atom is -0.444 e. The SMILES string of the molecule is CC(C)CC(C)(CNC(=O)OC(C)(C)C)NC1CNC1. The molecule has 1 fully saturated rings. The molecule has 1 atom stereocenters. The van der Waals surface area contributed by atoms with Gasteiger partial charge in [0, 0.05) is 31.2 Å². The fraction of sp³-hybridized carbons (Fsp3) is 0.933. The van der Waals surface area contributed by atoms with E-state index in [2.05, 4.69) is 36.7 Å². The van der Waals surface area contributed by atoms with E-state index < -0.39 is 5.60 Å². The lowest BCUT2D eigenvalue weighted by Gasteiger charge is -2.40. The van der Waals surface area contributed by atoms with Crippen molar-refractivity contribution in [2.75, 3.05) is 19.6 Å². The van der Waals surface area contributed by atoms with E-state index in [1.807, 2.05) is 20.8 Å². The Morgan fingerprint density at radius 3 is 2.30 bits per heavy atom. The summed E-state index contributed by atoms with van der Waals surface area (Å²) in [5.41, 5.74) is -0.554. The Morgan fingerprint density at radius 2 is 1.90 bits per heavy atom. The molecule has 0 aliphatic carbocycles. The van der Waals surface area contributed by atoms with Crippen molar-refractivity contribution in [3.63, 3.8) is 0 Å². The van der Waals surface area contributed by atoms with Gasteiger partial charge in [-0.3, -0.25) is 0 Å². The molecule has 1 aliphatic heterocycles. The van der Waals surface area contributed by atoms with Gasteiger partial charge in [-0.05, 0) is 40.0 Å². The molecular weight excluding hydrogens is 254 g/mol. The van der Waals surface area contributed by atoms with E-state index in [-0.39, 0.29) is 11.6 Å². The maximum Gasteiger partial charge on any atom is 0.407 e. The zero-order chi connectivity index (χ0) is 15.4.